The van der Waals surface area contributed by atoms with Crippen molar-refractivity contribution in [2.45, 2.75) is 19.5 Å². The molecule has 0 spiro atoms. The first-order chi connectivity index (χ1) is 8.99. The van der Waals surface area contributed by atoms with E-state index in [1.165, 1.54) is 42.5 Å². The minimum absolute atomic E-state index is 0.0909. The van der Waals surface area contributed by atoms with E-state index in [1.54, 1.807) is 6.92 Å². The van der Waals surface area contributed by atoms with E-state index in [9.17, 15) is 18.3 Å². The highest BCUT2D eigenvalue weighted by Crippen LogP contribution is 2.27. The lowest BCUT2D eigenvalue weighted by atomic mass is 9.97. The standard InChI is InChI=1S/C15H13F3O/c1-9-8-12(16)6-7-13(9)14(19)10-2-4-11(5-3-10)15(17)18/h2-8,14-15,19H,1H3. The summed E-state index contributed by atoms with van der Waals surface area (Å²) in [7, 11) is 0. The molecule has 0 saturated carbocycles. The molecule has 1 nitrogen and oxygen atoms in total. The molecule has 1 unspecified atom stereocenters. The number of rotatable bonds is 3. The lowest BCUT2D eigenvalue weighted by Gasteiger charge is -2.14. The summed E-state index contributed by atoms with van der Waals surface area (Å²) in [5.41, 5.74) is 1.59. The smallest absolute Gasteiger partial charge is 0.263 e. The molecule has 0 aliphatic rings. The molecule has 0 radical (unpaired) electrons. The topological polar surface area (TPSA) is 20.2 Å². The number of alkyl halides is 2. The number of aryl methyl sites for hydroxylation is 1. The molecule has 0 aliphatic heterocycles. The van der Waals surface area contributed by atoms with Crippen LogP contribution in [0.3, 0.4) is 0 Å². The van der Waals surface area contributed by atoms with Crippen molar-refractivity contribution in [3.05, 3.63) is 70.5 Å². The zero-order valence-electron chi connectivity index (χ0n) is 10.3. The van der Waals surface area contributed by atoms with Gasteiger partial charge in [-0.2, -0.15) is 0 Å². The SMILES string of the molecule is Cc1cc(F)ccc1C(O)c1ccc(C(F)F)cc1. The maximum atomic E-state index is 13.0. The minimum Gasteiger partial charge on any atom is -0.384 e. The van der Waals surface area contributed by atoms with Gasteiger partial charge in [0, 0.05) is 5.56 Å². The lowest BCUT2D eigenvalue weighted by Crippen LogP contribution is -2.02. The van der Waals surface area contributed by atoms with Gasteiger partial charge < -0.3 is 5.11 Å². The Morgan fingerprint density at radius 2 is 1.53 bits per heavy atom. The van der Waals surface area contributed by atoms with Crippen LogP contribution in [0.4, 0.5) is 13.2 Å². The van der Waals surface area contributed by atoms with Crippen molar-refractivity contribution in [2.24, 2.45) is 0 Å². The first-order valence-corrected chi connectivity index (χ1v) is 5.81. The van der Waals surface area contributed by atoms with Crippen molar-refractivity contribution >= 4 is 0 Å². The molecule has 4 heteroatoms. The van der Waals surface area contributed by atoms with Gasteiger partial charge in [-0.05, 0) is 35.7 Å². The first-order valence-electron chi connectivity index (χ1n) is 5.81. The maximum Gasteiger partial charge on any atom is 0.263 e. The molecule has 0 aliphatic carbocycles. The second-order valence-corrected chi connectivity index (χ2v) is 4.37. The molecule has 0 fully saturated rings. The third-order valence-electron chi connectivity index (χ3n) is 3.03. The van der Waals surface area contributed by atoms with Crippen LogP contribution in [0.15, 0.2) is 42.5 Å². The fourth-order valence-electron chi connectivity index (χ4n) is 1.95. The number of halogens is 3. The molecular weight excluding hydrogens is 253 g/mol. The van der Waals surface area contributed by atoms with Crippen LogP contribution in [0.25, 0.3) is 0 Å². The fraction of sp³-hybridized carbons (Fsp3) is 0.200. The van der Waals surface area contributed by atoms with Crippen molar-refractivity contribution < 1.29 is 18.3 Å². The average Bonchev–Trinajstić information content (AvgIpc) is 2.38. The van der Waals surface area contributed by atoms with Crippen molar-refractivity contribution in [3.8, 4) is 0 Å². The summed E-state index contributed by atoms with van der Waals surface area (Å²) in [6.45, 7) is 1.69. The zero-order chi connectivity index (χ0) is 14.0. The van der Waals surface area contributed by atoms with Crippen molar-refractivity contribution in [1.29, 1.82) is 0 Å². The van der Waals surface area contributed by atoms with Gasteiger partial charge in [0.05, 0.1) is 0 Å². The largest absolute Gasteiger partial charge is 0.384 e. The molecule has 0 amide bonds. The first kappa shape index (κ1) is 13.6. The van der Waals surface area contributed by atoms with E-state index in [2.05, 4.69) is 0 Å². The van der Waals surface area contributed by atoms with Gasteiger partial charge in [0.25, 0.3) is 6.43 Å². The molecule has 2 rings (SSSR count). The summed E-state index contributed by atoms with van der Waals surface area (Å²) in [5.74, 6) is -0.374. The molecule has 0 saturated heterocycles. The molecule has 2 aromatic carbocycles. The van der Waals surface area contributed by atoms with Crippen LogP contribution in [0.1, 0.15) is 34.8 Å². The average molecular weight is 266 g/mol. The van der Waals surface area contributed by atoms with Crippen LogP contribution in [0.5, 0.6) is 0 Å². The van der Waals surface area contributed by atoms with E-state index in [0.29, 0.717) is 16.7 Å². The van der Waals surface area contributed by atoms with Crippen LogP contribution in [0, 0.1) is 12.7 Å². The minimum atomic E-state index is -2.53. The van der Waals surface area contributed by atoms with E-state index in [4.69, 9.17) is 0 Å². The molecule has 19 heavy (non-hydrogen) atoms. The van der Waals surface area contributed by atoms with E-state index in [0.717, 1.165) is 0 Å². The lowest BCUT2D eigenvalue weighted by molar-refractivity contribution is 0.151. The van der Waals surface area contributed by atoms with Gasteiger partial charge in [0.1, 0.15) is 11.9 Å². The van der Waals surface area contributed by atoms with E-state index >= 15 is 0 Å². The fourth-order valence-corrected chi connectivity index (χ4v) is 1.95. The normalized spacial score (nSPS) is 12.7. The monoisotopic (exact) mass is 266 g/mol. The third kappa shape index (κ3) is 2.96. The van der Waals surface area contributed by atoms with Crippen molar-refractivity contribution in [1.82, 2.24) is 0 Å². The number of aliphatic hydroxyl groups is 1. The van der Waals surface area contributed by atoms with E-state index in [1.807, 2.05) is 0 Å². The maximum absolute atomic E-state index is 13.0. The second-order valence-electron chi connectivity index (χ2n) is 4.37. The quantitative estimate of drug-likeness (QED) is 0.884. The third-order valence-corrected chi connectivity index (χ3v) is 3.03. The Balaban J connectivity index is 2.30. The van der Waals surface area contributed by atoms with Gasteiger partial charge in [0.15, 0.2) is 0 Å². The molecule has 100 valence electrons. The number of benzene rings is 2. The molecule has 1 N–H and O–H groups in total. The van der Waals surface area contributed by atoms with Gasteiger partial charge in [-0.15, -0.1) is 0 Å². The van der Waals surface area contributed by atoms with Crippen LogP contribution < -0.4 is 0 Å². The summed E-state index contributed by atoms with van der Waals surface area (Å²) in [4.78, 5) is 0. The van der Waals surface area contributed by atoms with E-state index < -0.39 is 12.5 Å². The predicted octanol–water partition coefficient (Wildman–Crippen LogP) is 4.15. The Morgan fingerprint density at radius 1 is 0.947 bits per heavy atom. The Kier molecular flexibility index (Phi) is 3.90. The van der Waals surface area contributed by atoms with Crippen molar-refractivity contribution in [3.63, 3.8) is 0 Å². The van der Waals surface area contributed by atoms with Crippen LogP contribution in [0.2, 0.25) is 0 Å². The second kappa shape index (κ2) is 5.45. The molecule has 0 bridgehead atoms. The highest BCUT2D eigenvalue weighted by molar-refractivity contribution is 5.36. The Bertz CT molecular complexity index is 564. The Morgan fingerprint density at radius 3 is 2.05 bits per heavy atom. The predicted molar refractivity (Wildman–Crippen MR) is 66.6 cm³/mol. The van der Waals surface area contributed by atoms with Gasteiger partial charge in [-0.1, -0.05) is 30.3 Å². The van der Waals surface area contributed by atoms with Crippen LogP contribution in [-0.2, 0) is 0 Å². The molecule has 1 atom stereocenters. The number of hydrogen-bond acceptors (Lipinski definition) is 1. The Hall–Kier alpha value is -1.81. The molecule has 0 heterocycles. The molecule has 2 aromatic rings. The molecular formula is C15H13F3O. The summed E-state index contributed by atoms with van der Waals surface area (Å²) < 4.78 is 37.8. The summed E-state index contributed by atoms with van der Waals surface area (Å²) in [6, 6.07) is 9.55. The summed E-state index contributed by atoms with van der Waals surface area (Å²) in [5, 5.41) is 10.2. The molecule has 0 aromatic heterocycles. The zero-order valence-corrected chi connectivity index (χ0v) is 10.3. The highest BCUT2D eigenvalue weighted by Gasteiger charge is 2.14. The van der Waals surface area contributed by atoms with Crippen molar-refractivity contribution in [2.75, 3.05) is 0 Å². The van der Waals surface area contributed by atoms with Gasteiger partial charge in [0.2, 0.25) is 0 Å². The highest BCUT2D eigenvalue weighted by atomic mass is 19.3. The van der Waals surface area contributed by atoms with Gasteiger partial charge in [-0.25, -0.2) is 13.2 Å². The Labute approximate surface area is 109 Å². The number of hydrogen-bond donors (Lipinski definition) is 1. The summed E-state index contributed by atoms with van der Waals surface area (Å²) >= 11 is 0. The number of aliphatic hydroxyl groups excluding tert-OH is 1. The van der Waals surface area contributed by atoms with Gasteiger partial charge in [-0.3, -0.25) is 0 Å². The van der Waals surface area contributed by atoms with Gasteiger partial charge >= 0.3 is 0 Å². The van der Waals surface area contributed by atoms with Crippen LogP contribution in [-0.4, -0.2) is 5.11 Å². The van der Waals surface area contributed by atoms with Crippen LogP contribution >= 0.6 is 0 Å². The summed E-state index contributed by atoms with van der Waals surface area (Å²) in [6.07, 6.45) is -3.48. The van der Waals surface area contributed by atoms with E-state index in [-0.39, 0.29) is 11.4 Å².